The average Bonchev–Trinajstić information content (AvgIpc) is 3.11. The van der Waals surface area contributed by atoms with Gasteiger partial charge in [-0.15, -0.1) is 0 Å². The lowest BCUT2D eigenvalue weighted by atomic mass is 10.1. The fourth-order valence-corrected chi connectivity index (χ4v) is 2.07. The van der Waals surface area contributed by atoms with E-state index in [4.69, 9.17) is 0 Å². The van der Waals surface area contributed by atoms with Crippen molar-refractivity contribution in [3.05, 3.63) is 29.6 Å². The van der Waals surface area contributed by atoms with Crippen LogP contribution >= 0.6 is 0 Å². The molecule has 0 heterocycles. The second-order valence-corrected chi connectivity index (χ2v) is 4.81. The first-order chi connectivity index (χ1) is 8.22. The highest BCUT2D eigenvalue weighted by Gasteiger charge is 2.21. The maximum absolute atomic E-state index is 13.9. The Labute approximate surface area is 103 Å². The highest BCUT2D eigenvalue weighted by molar-refractivity contribution is 5.53. The van der Waals surface area contributed by atoms with Crippen LogP contribution in [0.5, 0.6) is 0 Å². The molecule has 0 spiro atoms. The Hall–Kier alpha value is -1.09. The average molecular weight is 236 g/mol. The number of hydrogen-bond acceptors (Lipinski definition) is 2. The van der Waals surface area contributed by atoms with Gasteiger partial charge in [0.25, 0.3) is 0 Å². The summed E-state index contributed by atoms with van der Waals surface area (Å²) in [6.45, 7) is 3.73. The molecule has 1 aliphatic rings. The molecule has 1 aliphatic carbocycles. The molecule has 0 saturated heterocycles. The molecule has 3 heteroatoms. The van der Waals surface area contributed by atoms with E-state index in [-0.39, 0.29) is 5.82 Å². The number of anilines is 1. The lowest BCUT2D eigenvalue weighted by Crippen LogP contribution is -2.23. The molecule has 1 fully saturated rings. The number of benzene rings is 1. The minimum absolute atomic E-state index is 0.0985. The smallest absolute Gasteiger partial charge is 0.129 e. The summed E-state index contributed by atoms with van der Waals surface area (Å²) in [6.07, 6.45) is 3.53. The molecule has 1 aromatic rings. The van der Waals surface area contributed by atoms with Crippen molar-refractivity contribution in [2.24, 2.45) is 0 Å². The number of nitrogens with zero attached hydrogens (tertiary/aromatic N) is 1. The molecule has 2 rings (SSSR count). The molecule has 1 aromatic carbocycles. The summed E-state index contributed by atoms with van der Waals surface area (Å²) in [5, 5.41) is 3.38. The van der Waals surface area contributed by atoms with Crippen LogP contribution in [0.4, 0.5) is 10.1 Å². The van der Waals surface area contributed by atoms with Crippen molar-refractivity contribution in [3.63, 3.8) is 0 Å². The van der Waals surface area contributed by atoms with Gasteiger partial charge < -0.3 is 10.2 Å². The van der Waals surface area contributed by atoms with Gasteiger partial charge in [0.1, 0.15) is 5.82 Å². The van der Waals surface area contributed by atoms with E-state index in [2.05, 4.69) is 17.1 Å². The summed E-state index contributed by atoms with van der Waals surface area (Å²) in [7, 11) is 2.03. The third kappa shape index (κ3) is 3.19. The van der Waals surface area contributed by atoms with Crippen LogP contribution in [0.3, 0.4) is 0 Å². The normalized spacial score (nSPS) is 15.0. The van der Waals surface area contributed by atoms with Gasteiger partial charge in [0.05, 0.1) is 0 Å². The fraction of sp³-hybridized carbons (Fsp3) is 0.571. The zero-order valence-electron chi connectivity index (χ0n) is 10.7. The third-order valence-electron chi connectivity index (χ3n) is 3.21. The third-order valence-corrected chi connectivity index (χ3v) is 3.21. The molecule has 0 aliphatic heterocycles. The Morgan fingerprint density at radius 2 is 2.18 bits per heavy atom. The van der Waals surface area contributed by atoms with E-state index >= 15 is 0 Å². The van der Waals surface area contributed by atoms with Crippen molar-refractivity contribution >= 4 is 5.69 Å². The molecule has 0 aromatic heterocycles. The monoisotopic (exact) mass is 236 g/mol. The van der Waals surface area contributed by atoms with Gasteiger partial charge in [-0.25, -0.2) is 4.39 Å². The van der Waals surface area contributed by atoms with Crippen LogP contribution in [0.1, 0.15) is 31.7 Å². The molecule has 94 valence electrons. The maximum Gasteiger partial charge on any atom is 0.129 e. The SMILES string of the molecule is CCCN(C)c1cccc(F)c1CNC1CC1. The Morgan fingerprint density at radius 1 is 1.41 bits per heavy atom. The minimum atomic E-state index is -0.0985. The van der Waals surface area contributed by atoms with Crippen LogP contribution in [-0.2, 0) is 6.54 Å². The Morgan fingerprint density at radius 3 is 2.82 bits per heavy atom. The summed E-state index contributed by atoms with van der Waals surface area (Å²) in [6, 6.07) is 5.95. The fourth-order valence-electron chi connectivity index (χ4n) is 2.07. The van der Waals surface area contributed by atoms with Gasteiger partial charge in [-0.3, -0.25) is 0 Å². The summed E-state index contributed by atoms with van der Waals surface area (Å²) < 4.78 is 13.9. The summed E-state index contributed by atoms with van der Waals surface area (Å²) in [5.41, 5.74) is 1.82. The number of halogens is 1. The van der Waals surface area contributed by atoms with Crippen molar-refractivity contribution in [1.29, 1.82) is 0 Å². The quantitative estimate of drug-likeness (QED) is 0.817. The predicted molar refractivity (Wildman–Crippen MR) is 69.8 cm³/mol. The largest absolute Gasteiger partial charge is 0.374 e. The van der Waals surface area contributed by atoms with Crippen LogP contribution in [0.15, 0.2) is 18.2 Å². The van der Waals surface area contributed by atoms with Gasteiger partial charge in [-0.1, -0.05) is 13.0 Å². The maximum atomic E-state index is 13.9. The lowest BCUT2D eigenvalue weighted by molar-refractivity contribution is 0.585. The van der Waals surface area contributed by atoms with Gasteiger partial charge in [0.2, 0.25) is 0 Å². The molecule has 17 heavy (non-hydrogen) atoms. The molecule has 0 amide bonds. The van der Waals surface area contributed by atoms with E-state index in [1.165, 1.54) is 12.8 Å². The summed E-state index contributed by atoms with van der Waals surface area (Å²) in [4.78, 5) is 2.13. The van der Waals surface area contributed by atoms with E-state index in [0.717, 1.165) is 24.2 Å². The second-order valence-electron chi connectivity index (χ2n) is 4.81. The topological polar surface area (TPSA) is 15.3 Å². The van der Waals surface area contributed by atoms with Crippen LogP contribution in [-0.4, -0.2) is 19.6 Å². The van der Waals surface area contributed by atoms with E-state index < -0.39 is 0 Å². The van der Waals surface area contributed by atoms with E-state index in [0.29, 0.717) is 12.6 Å². The molecule has 0 atom stereocenters. The van der Waals surface area contributed by atoms with Crippen molar-refractivity contribution in [3.8, 4) is 0 Å². The lowest BCUT2D eigenvalue weighted by Gasteiger charge is -2.22. The summed E-state index contributed by atoms with van der Waals surface area (Å²) >= 11 is 0. The van der Waals surface area contributed by atoms with E-state index in [9.17, 15) is 4.39 Å². The summed E-state index contributed by atoms with van der Waals surface area (Å²) in [5.74, 6) is -0.0985. The first kappa shape index (κ1) is 12.4. The minimum Gasteiger partial charge on any atom is -0.374 e. The molecular formula is C14H21FN2. The van der Waals surface area contributed by atoms with Crippen LogP contribution < -0.4 is 10.2 Å². The van der Waals surface area contributed by atoms with Gasteiger partial charge in [-0.05, 0) is 31.4 Å². The standard InChI is InChI=1S/C14H21FN2/c1-3-9-17(2)14-6-4-5-13(15)12(14)10-16-11-7-8-11/h4-6,11,16H,3,7-10H2,1-2H3. The molecule has 0 radical (unpaired) electrons. The Kier molecular flexibility index (Phi) is 4.00. The van der Waals surface area contributed by atoms with Gasteiger partial charge in [0.15, 0.2) is 0 Å². The van der Waals surface area contributed by atoms with Gasteiger partial charge in [-0.2, -0.15) is 0 Å². The molecule has 0 bridgehead atoms. The van der Waals surface area contributed by atoms with E-state index in [1.54, 1.807) is 12.1 Å². The second kappa shape index (κ2) is 5.50. The van der Waals surface area contributed by atoms with Gasteiger partial charge in [0, 0.05) is 37.4 Å². The number of nitrogens with one attached hydrogen (secondary N) is 1. The molecule has 1 saturated carbocycles. The Balaban J connectivity index is 2.13. The Bertz CT molecular complexity index is 374. The van der Waals surface area contributed by atoms with Crippen molar-refractivity contribution in [2.75, 3.05) is 18.5 Å². The van der Waals surface area contributed by atoms with Crippen LogP contribution in [0, 0.1) is 5.82 Å². The molecule has 2 nitrogen and oxygen atoms in total. The van der Waals surface area contributed by atoms with Crippen molar-refractivity contribution < 1.29 is 4.39 Å². The zero-order chi connectivity index (χ0) is 12.3. The van der Waals surface area contributed by atoms with Crippen molar-refractivity contribution in [2.45, 2.75) is 38.8 Å². The highest BCUT2D eigenvalue weighted by Crippen LogP contribution is 2.25. The molecule has 0 unspecified atom stereocenters. The van der Waals surface area contributed by atoms with Crippen LogP contribution in [0.25, 0.3) is 0 Å². The predicted octanol–water partition coefficient (Wildman–Crippen LogP) is 2.92. The molecule has 1 N–H and O–H groups in total. The van der Waals surface area contributed by atoms with E-state index in [1.807, 2.05) is 13.1 Å². The number of hydrogen-bond donors (Lipinski definition) is 1. The molecular weight excluding hydrogens is 215 g/mol. The highest BCUT2D eigenvalue weighted by atomic mass is 19.1. The number of rotatable bonds is 6. The van der Waals surface area contributed by atoms with Crippen LogP contribution in [0.2, 0.25) is 0 Å². The van der Waals surface area contributed by atoms with Gasteiger partial charge >= 0.3 is 0 Å². The van der Waals surface area contributed by atoms with Crippen molar-refractivity contribution in [1.82, 2.24) is 5.32 Å². The first-order valence-electron chi connectivity index (χ1n) is 6.44. The zero-order valence-corrected chi connectivity index (χ0v) is 10.7. The first-order valence-corrected chi connectivity index (χ1v) is 6.44.